The van der Waals surface area contributed by atoms with Crippen LogP contribution in [0.1, 0.15) is 35.7 Å². The summed E-state index contributed by atoms with van der Waals surface area (Å²) in [5, 5.41) is 3.18. The number of nitrogens with zero attached hydrogens (tertiary/aromatic N) is 2. The summed E-state index contributed by atoms with van der Waals surface area (Å²) in [4.78, 5) is 27.8. The van der Waals surface area contributed by atoms with Crippen LogP contribution >= 0.6 is 11.6 Å². The Balaban J connectivity index is 1.86. The largest absolute Gasteiger partial charge is 0.449 e. The number of aryl methyl sites for hydroxylation is 1. The first-order valence-corrected chi connectivity index (χ1v) is 12.4. The molecule has 2 aromatic carbocycles. The number of sulfonamides is 1. The topological polar surface area (TPSA) is 96.0 Å². The van der Waals surface area contributed by atoms with Gasteiger partial charge in [0.2, 0.25) is 10.0 Å². The summed E-state index contributed by atoms with van der Waals surface area (Å²) in [6.07, 6.45) is 0.838. The number of anilines is 2. The van der Waals surface area contributed by atoms with Gasteiger partial charge in [0.1, 0.15) is 0 Å². The van der Waals surface area contributed by atoms with Crippen LogP contribution in [0.15, 0.2) is 41.3 Å². The first-order chi connectivity index (χ1) is 15.5. The molecule has 2 aromatic rings. The molecule has 1 atom stereocenters. The molecule has 1 N–H and O–H groups in total. The van der Waals surface area contributed by atoms with Gasteiger partial charge in [0.25, 0.3) is 5.91 Å². The highest BCUT2D eigenvalue weighted by Crippen LogP contribution is 2.29. The van der Waals surface area contributed by atoms with E-state index in [-0.39, 0.29) is 10.5 Å². The zero-order valence-electron chi connectivity index (χ0n) is 19.1. The van der Waals surface area contributed by atoms with E-state index in [1.165, 1.54) is 33.2 Å². The van der Waals surface area contributed by atoms with Crippen molar-refractivity contribution in [1.29, 1.82) is 0 Å². The molecule has 10 heteroatoms. The van der Waals surface area contributed by atoms with Gasteiger partial charge >= 0.3 is 5.97 Å². The maximum Gasteiger partial charge on any atom is 0.341 e. The molecule has 178 valence electrons. The zero-order chi connectivity index (χ0) is 24.3. The lowest BCUT2D eigenvalue weighted by molar-refractivity contribution is -0.123. The van der Waals surface area contributed by atoms with Gasteiger partial charge in [-0.1, -0.05) is 17.7 Å². The Morgan fingerprint density at radius 1 is 1.12 bits per heavy atom. The summed E-state index contributed by atoms with van der Waals surface area (Å²) in [5.41, 5.74) is 2.03. The van der Waals surface area contributed by atoms with E-state index in [2.05, 4.69) is 5.32 Å². The highest BCUT2D eigenvalue weighted by atomic mass is 35.5. The Kier molecular flexibility index (Phi) is 7.66. The van der Waals surface area contributed by atoms with Crippen molar-refractivity contribution in [3.05, 3.63) is 52.5 Å². The summed E-state index contributed by atoms with van der Waals surface area (Å²) < 4.78 is 31.8. The maximum absolute atomic E-state index is 13.1. The lowest BCUT2D eigenvalue weighted by atomic mass is 10.1. The molecule has 0 aliphatic carbocycles. The molecule has 0 spiro atoms. The number of carbonyl (C=O) groups excluding carboxylic acids is 2. The first kappa shape index (κ1) is 25.0. The highest BCUT2D eigenvalue weighted by molar-refractivity contribution is 7.89. The third-order valence-corrected chi connectivity index (χ3v) is 7.57. The number of benzene rings is 2. The lowest BCUT2D eigenvalue weighted by Crippen LogP contribution is -2.31. The normalized spacial score (nSPS) is 14.9. The van der Waals surface area contributed by atoms with Crippen LogP contribution in [0.3, 0.4) is 0 Å². The fraction of sp³-hybridized carbons (Fsp3) is 0.391. The smallest absolute Gasteiger partial charge is 0.341 e. The van der Waals surface area contributed by atoms with Gasteiger partial charge < -0.3 is 15.0 Å². The number of amides is 1. The van der Waals surface area contributed by atoms with E-state index >= 15 is 0 Å². The van der Waals surface area contributed by atoms with Crippen LogP contribution in [0.4, 0.5) is 11.4 Å². The van der Waals surface area contributed by atoms with E-state index in [1.54, 1.807) is 24.3 Å². The number of hydrogen-bond acceptors (Lipinski definition) is 6. The van der Waals surface area contributed by atoms with E-state index in [1.807, 2.05) is 11.8 Å². The fourth-order valence-corrected chi connectivity index (χ4v) is 4.63. The highest BCUT2D eigenvalue weighted by Gasteiger charge is 2.27. The molecule has 3 rings (SSSR count). The van der Waals surface area contributed by atoms with Gasteiger partial charge in [-0.25, -0.2) is 17.5 Å². The number of hydrogen-bond donors (Lipinski definition) is 1. The Hall–Kier alpha value is -2.62. The van der Waals surface area contributed by atoms with E-state index in [0.29, 0.717) is 16.4 Å². The molecule has 1 aliphatic heterocycles. The minimum atomic E-state index is -3.75. The van der Waals surface area contributed by atoms with Crippen molar-refractivity contribution in [2.75, 3.05) is 37.4 Å². The third-order valence-electron chi connectivity index (χ3n) is 5.52. The Bertz CT molecular complexity index is 1160. The summed E-state index contributed by atoms with van der Waals surface area (Å²) in [7, 11) is -0.907. The zero-order valence-corrected chi connectivity index (χ0v) is 20.7. The van der Waals surface area contributed by atoms with E-state index in [9.17, 15) is 18.0 Å². The Labute approximate surface area is 199 Å². The third kappa shape index (κ3) is 5.66. The second kappa shape index (κ2) is 10.1. The predicted octanol–water partition coefficient (Wildman–Crippen LogP) is 3.68. The van der Waals surface area contributed by atoms with Crippen LogP contribution in [0, 0.1) is 6.92 Å². The van der Waals surface area contributed by atoms with Gasteiger partial charge in [0.05, 0.1) is 16.1 Å². The quantitative estimate of drug-likeness (QED) is 0.591. The summed E-state index contributed by atoms with van der Waals surface area (Å²) >= 11 is 6.00. The van der Waals surface area contributed by atoms with Gasteiger partial charge in [-0.2, -0.15) is 0 Å². The number of rotatable bonds is 7. The van der Waals surface area contributed by atoms with Crippen LogP contribution in [-0.2, 0) is 19.6 Å². The summed E-state index contributed by atoms with van der Waals surface area (Å²) in [6.45, 7) is 4.79. The molecule has 0 saturated carbocycles. The molecular formula is C23H28ClN3O5S. The van der Waals surface area contributed by atoms with Crippen LogP contribution < -0.4 is 10.2 Å². The fourth-order valence-electron chi connectivity index (χ4n) is 3.52. The van der Waals surface area contributed by atoms with E-state index in [0.717, 1.165) is 35.8 Å². The number of nitrogens with one attached hydrogen (secondary N) is 1. The second-order valence-electron chi connectivity index (χ2n) is 8.16. The van der Waals surface area contributed by atoms with Gasteiger partial charge in [0.15, 0.2) is 6.10 Å². The lowest BCUT2D eigenvalue weighted by Gasteiger charge is -2.23. The first-order valence-electron chi connectivity index (χ1n) is 10.6. The number of esters is 1. The molecule has 1 unspecified atom stereocenters. The van der Waals surface area contributed by atoms with Crippen molar-refractivity contribution in [2.45, 2.75) is 37.7 Å². The van der Waals surface area contributed by atoms with Crippen molar-refractivity contribution in [1.82, 2.24) is 4.31 Å². The van der Waals surface area contributed by atoms with Crippen LogP contribution in [0.25, 0.3) is 0 Å². The summed E-state index contributed by atoms with van der Waals surface area (Å²) in [5.74, 6) is -1.29. The molecule has 1 aliphatic rings. The second-order valence-corrected chi connectivity index (χ2v) is 10.7. The minimum Gasteiger partial charge on any atom is -0.449 e. The average molecular weight is 494 g/mol. The van der Waals surface area contributed by atoms with Gasteiger partial charge in [-0.15, -0.1) is 0 Å². The SMILES string of the molecule is Cc1ccc(Cl)cc1NC(=O)C(C)OC(=O)c1cc(S(=O)(=O)N(C)C)ccc1N1CCCC1. The van der Waals surface area contributed by atoms with E-state index < -0.39 is 28.0 Å². The standard InChI is InChI=1S/C23H28ClN3O5S/c1-15-7-8-17(24)13-20(15)25-22(28)16(2)32-23(29)19-14-18(33(30,31)26(3)4)9-10-21(19)27-11-5-6-12-27/h7-10,13-14,16H,5-6,11-12H2,1-4H3,(H,25,28). The molecule has 1 amide bonds. The molecule has 0 radical (unpaired) electrons. The Morgan fingerprint density at radius 2 is 1.79 bits per heavy atom. The minimum absolute atomic E-state index is 0.0194. The van der Waals surface area contributed by atoms with Crippen molar-refractivity contribution in [3.8, 4) is 0 Å². The number of ether oxygens (including phenoxy) is 1. The monoisotopic (exact) mass is 493 g/mol. The molecule has 0 aromatic heterocycles. The van der Waals surface area contributed by atoms with E-state index in [4.69, 9.17) is 16.3 Å². The molecule has 8 nitrogen and oxygen atoms in total. The Morgan fingerprint density at radius 3 is 2.42 bits per heavy atom. The van der Waals surface area contributed by atoms with Crippen LogP contribution in [0.5, 0.6) is 0 Å². The number of carbonyl (C=O) groups is 2. The molecule has 0 bridgehead atoms. The van der Waals surface area contributed by atoms with Crippen molar-refractivity contribution < 1.29 is 22.7 Å². The molecule has 33 heavy (non-hydrogen) atoms. The number of halogens is 1. The van der Waals surface area contributed by atoms with Crippen molar-refractivity contribution in [2.24, 2.45) is 0 Å². The average Bonchev–Trinajstić information content (AvgIpc) is 3.30. The van der Waals surface area contributed by atoms with Crippen molar-refractivity contribution >= 4 is 44.9 Å². The molecule has 1 saturated heterocycles. The van der Waals surface area contributed by atoms with Gasteiger partial charge in [-0.05, 0) is 62.6 Å². The maximum atomic E-state index is 13.1. The van der Waals surface area contributed by atoms with Gasteiger partial charge in [-0.3, -0.25) is 4.79 Å². The molecule has 1 fully saturated rings. The predicted molar refractivity (Wildman–Crippen MR) is 128 cm³/mol. The van der Waals surface area contributed by atoms with Crippen LogP contribution in [0.2, 0.25) is 5.02 Å². The molecular weight excluding hydrogens is 466 g/mol. The van der Waals surface area contributed by atoms with Gasteiger partial charge in [0, 0.05) is 37.9 Å². The molecule has 1 heterocycles. The van der Waals surface area contributed by atoms with Crippen molar-refractivity contribution in [3.63, 3.8) is 0 Å². The summed E-state index contributed by atoms with van der Waals surface area (Å²) in [6, 6.07) is 9.52. The van der Waals surface area contributed by atoms with Crippen LogP contribution in [-0.4, -0.2) is 57.9 Å².